The van der Waals surface area contributed by atoms with Gasteiger partial charge in [-0.05, 0) is 37.6 Å². The number of benzene rings is 1. The molecule has 0 aliphatic rings. The van der Waals surface area contributed by atoms with E-state index in [4.69, 9.17) is 28.9 Å². The van der Waals surface area contributed by atoms with Crippen LogP contribution in [0.1, 0.15) is 24.2 Å². The lowest BCUT2D eigenvalue weighted by Gasteiger charge is -2.11. The first kappa shape index (κ1) is 11.6. The molecule has 1 aromatic carbocycles. The van der Waals surface area contributed by atoms with Gasteiger partial charge < -0.3 is 5.73 Å². The third kappa shape index (κ3) is 1.88. The molecule has 1 atom stereocenters. The first-order valence-corrected chi connectivity index (χ1v) is 5.77. The van der Waals surface area contributed by atoms with Gasteiger partial charge in [-0.3, -0.25) is 0 Å². The Hall–Kier alpha value is -0.830. The van der Waals surface area contributed by atoms with Gasteiger partial charge in [-0.15, -0.1) is 0 Å². The van der Waals surface area contributed by atoms with Gasteiger partial charge in [-0.2, -0.15) is 0 Å². The fraction of sp³-hybridized carbons (Fsp3) is 0.250. The van der Waals surface area contributed by atoms with Crippen LogP contribution in [0.15, 0.2) is 18.2 Å². The lowest BCUT2D eigenvalue weighted by Crippen LogP contribution is -2.08. The maximum absolute atomic E-state index is 6.14. The number of aryl methyl sites for hydroxylation is 1. The SMILES string of the molecule is Cc1cc(C(C)N)nc2c(Cl)ccc(Cl)c12. The van der Waals surface area contributed by atoms with Crippen molar-refractivity contribution in [1.29, 1.82) is 0 Å². The molecular formula is C12H12Cl2N2. The number of aromatic nitrogens is 1. The van der Waals surface area contributed by atoms with E-state index >= 15 is 0 Å². The summed E-state index contributed by atoms with van der Waals surface area (Å²) in [7, 11) is 0. The Kier molecular flexibility index (Phi) is 3.06. The summed E-state index contributed by atoms with van der Waals surface area (Å²) in [5, 5.41) is 2.17. The fourth-order valence-corrected chi connectivity index (χ4v) is 2.22. The molecule has 0 saturated heterocycles. The van der Waals surface area contributed by atoms with Crippen molar-refractivity contribution in [3.8, 4) is 0 Å². The summed E-state index contributed by atoms with van der Waals surface area (Å²) in [6.07, 6.45) is 0. The van der Waals surface area contributed by atoms with Gasteiger partial charge in [0, 0.05) is 11.4 Å². The number of fused-ring (bicyclic) bond motifs is 1. The largest absolute Gasteiger partial charge is 0.323 e. The Morgan fingerprint density at radius 1 is 1.25 bits per heavy atom. The van der Waals surface area contributed by atoms with Crippen molar-refractivity contribution in [2.45, 2.75) is 19.9 Å². The molecule has 0 aliphatic heterocycles. The molecule has 2 nitrogen and oxygen atoms in total. The van der Waals surface area contributed by atoms with Crippen LogP contribution in [0.2, 0.25) is 10.0 Å². The fourth-order valence-electron chi connectivity index (χ4n) is 1.71. The third-order valence-corrected chi connectivity index (χ3v) is 3.16. The average molecular weight is 255 g/mol. The second-order valence-electron chi connectivity index (χ2n) is 3.91. The summed E-state index contributed by atoms with van der Waals surface area (Å²) in [4.78, 5) is 4.45. The highest BCUT2D eigenvalue weighted by molar-refractivity contribution is 6.40. The van der Waals surface area contributed by atoms with Crippen molar-refractivity contribution in [2.24, 2.45) is 5.73 Å². The predicted octanol–water partition coefficient (Wildman–Crippen LogP) is 3.87. The highest BCUT2D eigenvalue weighted by Crippen LogP contribution is 2.31. The van der Waals surface area contributed by atoms with Crippen LogP contribution >= 0.6 is 23.2 Å². The maximum atomic E-state index is 6.14. The number of nitrogens with zero attached hydrogens (tertiary/aromatic N) is 1. The summed E-state index contributed by atoms with van der Waals surface area (Å²) in [5.41, 5.74) is 8.42. The molecule has 4 heteroatoms. The molecule has 2 N–H and O–H groups in total. The number of rotatable bonds is 1. The predicted molar refractivity (Wildman–Crippen MR) is 69.1 cm³/mol. The third-order valence-electron chi connectivity index (χ3n) is 2.54. The van der Waals surface area contributed by atoms with Gasteiger partial charge in [0.15, 0.2) is 0 Å². The molecule has 16 heavy (non-hydrogen) atoms. The minimum Gasteiger partial charge on any atom is -0.323 e. The summed E-state index contributed by atoms with van der Waals surface area (Å²) >= 11 is 12.3. The molecule has 0 aliphatic carbocycles. The van der Waals surface area contributed by atoms with Crippen LogP contribution < -0.4 is 5.73 Å². The van der Waals surface area contributed by atoms with Crippen molar-refractivity contribution >= 4 is 34.1 Å². The molecule has 0 radical (unpaired) electrons. The van der Waals surface area contributed by atoms with E-state index in [1.165, 1.54) is 0 Å². The van der Waals surface area contributed by atoms with E-state index in [2.05, 4.69) is 4.98 Å². The minimum atomic E-state index is -0.113. The smallest absolute Gasteiger partial charge is 0.0909 e. The first-order valence-electron chi connectivity index (χ1n) is 5.01. The molecule has 2 aromatic rings. The number of hydrogen-bond acceptors (Lipinski definition) is 2. The van der Waals surface area contributed by atoms with Crippen LogP contribution in [-0.2, 0) is 0 Å². The Labute approximate surface area is 104 Å². The minimum absolute atomic E-state index is 0.113. The first-order chi connectivity index (χ1) is 7.50. The van der Waals surface area contributed by atoms with E-state index in [0.29, 0.717) is 10.0 Å². The maximum Gasteiger partial charge on any atom is 0.0909 e. The van der Waals surface area contributed by atoms with E-state index in [9.17, 15) is 0 Å². The van der Waals surface area contributed by atoms with Crippen molar-refractivity contribution in [3.63, 3.8) is 0 Å². The van der Waals surface area contributed by atoms with Gasteiger partial charge >= 0.3 is 0 Å². The second kappa shape index (κ2) is 4.21. The highest BCUT2D eigenvalue weighted by Gasteiger charge is 2.11. The molecule has 0 spiro atoms. The quantitative estimate of drug-likeness (QED) is 0.840. The van der Waals surface area contributed by atoms with Crippen molar-refractivity contribution in [2.75, 3.05) is 0 Å². The van der Waals surface area contributed by atoms with Gasteiger partial charge in [-0.25, -0.2) is 4.98 Å². The van der Waals surface area contributed by atoms with Gasteiger partial charge in [0.1, 0.15) is 0 Å². The van der Waals surface area contributed by atoms with Crippen molar-refractivity contribution in [3.05, 3.63) is 39.5 Å². The van der Waals surface area contributed by atoms with E-state index in [0.717, 1.165) is 22.2 Å². The van der Waals surface area contributed by atoms with Crippen LogP contribution in [0.5, 0.6) is 0 Å². The van der Waals surface area contributed by atoms with Gasteiger partial charge in [0.05, 0.1) is 21.3 Å². The van der Waals surface area contributed by atoms with Crippen LogP contribution in [-0.4, -0.2) is 4.98 Å². The number of pyridine rings is 1. The van der Waals surface area contributed by atoms with Crippen LogP contribution in [0.4, 0.5) is 0 Å². The number of nitrogens with two attached hydrogens (primary N) is 1. The molecule has 1 unspecified atom stereocenters. The Morgan fingerprint density at radius 2 is 1.88 bits per heavy atom. The van der Waals surface area contributed by atoms with Crippen molar-refractivity contribution in [1.82, 2.24) is 4.98 Å². The molecule has 1 aromatic heterocycles. The Morgan fingerprint density at radius 3 is 2.50 bits per heavy atom. The van der Waals surface area contributed by atoms with Gasteiger partial charge in [0.25, 0.3) is 0 Å². The normalized spacial score (nSPS) is 13.1. The lowest BCUT2D eigenvalue weighted by atomic mass is 10.1. The summed E-state index contributed by atoms with van der Waals surface area (Å²) in [6.45, 7) is 3.88. The molecule has 0 bridgehead atoms. The van der Waals surface area contributed by atoms with Gasteiger partial charge in [-0.1, -0.05) is 23.2 Å². The number of halogens is 2. The Balaban J connectivity index is 2.86. The van der Waals surface area contributed by atoms with E-state index < -0.39 is 0 Å². The molecular weight excluding hydrogens is 243 g/mol. The van der Waals surface area contributed by atoms with E-state index in [1.54, 1.807) is 12.1 Å². The van der Waals surface area contributed by atoms with Crippen LogP contribution in [0, 0.1) is 6.92 Å². The van der Waals surface area contributed by atoms with Gasteiger partial charge in [0.2, 0.25) is 0 Å². The molecule has 0 saturated carbocycles. The van der Waals surface area contributed by atoms with Crippen LogP contribution in [0.3, 0.4) is 0 Å². The molecule has 2 rings (SSSR count). The summed E-state index contributed by atoms with van der Waals surface area (Å²) in [6, 6.07) is 5.38. The molecule has 1 heterocycles. The molecule has 84 valence electrons. The zero-order valence-electron chi connectivity index (χ0n) is 9.09. The standard InChI is InChI=1S/C12H12Cl2N2/c1-6-5-10(7(2)15)16-12-9(14)4-3-8(13)11(6)12/h3-5,7H,15H2,1-2H3. The number of hydrogen-bond donors (Lipinski definition) is 1. The van der Waals surface area contributed by atoms with E-state index in [1.807, 2.05) is 19.9 Å². The van der Waals surface area contributed by atoms with Crippen LogP contribution in [0.25, 0.3) is 10.9 Å². The summed E-state index contributed by atoms with van der Waals surface area (Å²) < 4.78 is 0. The zero-order chi connectivity index (χ0) is 11.9. The monoisotopic (exact) mass is 254 g/mol. The van der Waals surface area contributed by atoms with E-state index in [-0.39, 0.29) is 6.04 Å². The molecule has 0 fully saturated rings. The average Bonchev–Trinajstić information content (AvgIpc) is 2.22. The Bertz CT molecular complexity index is 550. The zero-order valence-corrected chi connectivity index (χ0v) is 10.6. The highest BCUT2D eigenvalue weighted by atomic mass is 35.5. The topological polar surface area (TPSA) is 38.9 Å². The van der Waals surface area contributed by atoms with Crippen molar-refractivity contribution < 1.29 is 0 Å². The second-order valence-corrected chi connectivity index (χ2v) is 4.72. The molecule has 0 amide bonds. The lowest BCUT2D eigenvalue weighted by molar-refractivity contribution is 0.785. The summed E-state index contributed by atoms with van der Waals surface area (Å²) in [5.74, 6) is 0.